The molecule has 4 atom stereocenters. The maximum absolute atomic E-state index is 8.97. The first-order valence-electron chi connectivity index (χ1n) is 4.51. The highest BCUT2D eigenvalue weighted by atomic mass is 16.4. The summed E-state index contributed by atoms with van der Waals surface area (Å²) in [4.78, 5) is 0. The van der Waals surface area contributed by atoms with Gasteiger partial charge in [-0.15, -0.1) is 0 Å². The van der Waals surface area contributed by atoms with Crippen LogP contribution in [0.1, 0.15) is 0 Å². The maximum Gasteiger partial charge on any atom is 0.117 e. The van der Waals surface area contributed by atoms with Crippen molar-refractivity contribution in [2.24, 2.45) is 0 Å². The van der Waals surface area contributed by atoms with Gasteiger partial charge in [-0.25, -0.2) is 0 Å². The van der Waals surface area contributed by atoms with E-state index >= 15 is 0 Å². The molecule has 4 unspecified atom stereocenters. The van der Waals surface area contributed by atoms with Crippen molar-refractivity contribution in [2.75, 3.05) is 19.8 Å². The first-order valence-corrected chi connectivity index (χ1v) is 4.51. The maximum atomic E-state index is 8.97. The molecule has 0 fully saturated rings. The molecule has 0 bridgehead atoms. The summed E-state index contributed by atoms with van der Waals surface area (Å²) >= 11 is 0. The zero-order chi connectivity index (χ0) is 13.1. The molecule has 8 N–H and O–H groups in total. The van der Waals surface area contributed by atoms with Crippen molar-refractivity contribution in [3.05, 3.63) is 0 Å². The lowest BCUT2D eigenvalue weighted by Gasteiger charge is -2.23. The second kappa shape index (κ2) is 10.9. The Morgan fingerprint density at radius 3 is 1.56 bits per heavy atom. The van der Waals surface area contributed by atoms with Crippen LogP contribution in [0.4, 0.5) is 0 Å². The quantitative estimate of drug-likeness (QED) is 0.220. The van der Waals surface area contributed by atoms with Gasteiger partial charge in [-0.05, 0) is 0 Å². The SMILES string of the molecule is N=CC(O)C(O)C(O)C(O)CO.OCCO. The van der Waals surface area contributed by atoms with E-state index in [1.165, 1.54) is 0 Å². The molecule has 0 radical (unpaired) electrons. The summed E-state index contributed by atoms with van der Waals surface area (Å²) in [6.07, 6.45) is -5.86. The lowest BCUT2D eigenvalue weighted by atomic mass is 10.0. The second-order valence-corrected chi connectivity index (χ2v) is 2.84. The number of aliphatic hydroxyl groups is 7. The van der Waals surface area contributed by atoms with Gasteiger partial charge in [0.15, 0.2) is 0 Å². The fourth-order valence-corrected chi connectivity index (χ4v) is 0.636. The van der Waals surface area contributed by atoms with Crippen LogP contribution in [0.15, 0.2) is 0 Å². The molecule has 0 amide bonds. The average Bonchev–Trinajstić information content (AvgIpc) is 2.34. The van der Waals surface area contributed by atoms with Crippen LogP contribution in [0, 0.1) is 5.41 Å². The van der Waals surface area contributed by atoms with Crippen molar-refractivity contribution in [1.82, 2.24) is 0 Å². The van der Waals surface area contributed by atoms with Crippen molar-refractivity contribution in [2.45, 2.75) is 24.4 Å². The third kappa shape index (κ3) is 7.65. The van der Waals surface area contributed by atoms with Gasteiger partial charge >= 0.3 is 0 Å². The van der Waals surface area contributed by atoms with Gasteiger partial charge in [0.1, 0.15) is 24.4 Å². The van der Waals surface area contributed by atoms with Crippen LogP contribution in [0.2, 0.25) is 0 Å². The number of aliphatic hydroxyl groups excluding tert-OH is 7. The van der Waals surface area contributed by atoms with Gasteiger partial charge in [0.05, 0.1) is 19.8 Å². The largest absolute Gasteiger partial charge is 0.394 e. The Morgan fingerprint density at radius 2 is 1.31 bits per heavy atom. The lowest BCUT2D eigenvalue weighted by molar-refractivity contribution is -0.1000. The molecule has 8 heteroatoms. The minimum atomic E-state index is -1.66. The van der Waals surface area contributed by atoms with Crippen LogP contribution in [0.3, 0.4) is 0 Å². The molecule has 98 valence electrons. The van der Waals surface area contributed by atoms with Crippen molar-refractivity contribution in [3.63, 3.8) is 0 Å². The van der Waals surface area contributed by atoms with Gasteiger partial charge in [-0.2, -0.15) is 0 Å². The summed E-state index contributed by atoms with van der Waals surface area (Å²) in [6.45, 7) is -0.969. The zero-order valence-electron chi connectivity index (χ0n) is 8.64. The summed E-state index contributed by atoms with van der Waals surface area (Å²) < 4.78 is 0. The summed E-state index contributed by atoms with van der Waals surface area (Å²) in [5.74, 6) is 0. The minimum absolute atomic E-state index is 0.125. The predicted octanol–water partition coefficient (Wildman–Crippen LogP) is -3.96. The Balaban J connectivity index is 0. The van der Waals surface area contributed by atoms with E-state index < -0.39 is 31.0 Å². The summed E-state index contributed by atoms with van der Waals surface area (Å²) in [7, 11) is 0. The van der Waals surface area contributed by atoms with Gasteiger partial charge in [-0.1, -0.05) is 0 Å². The van der Waals surface area contributed by atoms with E-state index in [-0.39, 0.29) is 13.2 Å². The standard InChI is InChI=1S/C6H13NO5.C2H6O2/c7-1-3(9)5(11)6(12)4(10)2-8;3-1-2-4/h1,3-12H,2H2;3-4H,1-2H2. The van der Waals surface area contributed by atoms with E-state index in [9.17, 15) is 0 Å². The molecule has 0 aromatic carbocycles. The van der Waals surface area contributed by atoms with E-state index in [1.807, 2.05) is 0 Å². The van der Waals surface area contributed by atoms with Crippen molar-refractivity contribution < 1.29 is 35.7 Å². The first kappa shape index (κ1) is 17.8. The second-order valence-electron chi connectivity index (χ2n) is 2.84. The van der Waals surface area contributed by atoms with Crippen molar-refractivity contribution >= 4 is 6.21 Å². The minimum Gasteiger partial charge on any atom is -0.394 e. The van der Waals surface area contributed by atoms with Gasteiger partial charge in [-0.3, -0.25) is 0 Å². The molecule has 0 heterocycles. The molecule has 0 saturated heterocycles. The Labute approximate surface area is 92.5 Å². The molecule has 0 aromatic heterocycles. The predicted molar refractivity (Wildman–Crippen MR) is 54.1 cm³/mol. The highest BCUT2D eigenvalue weighted by Crippen LogP contribution is 2.02. The lowest BCUT2D eigenvalue weighted by Crippen LogP contribution is -2.46. The van der Waals surface area contributed by atoms with E-state index in [2.05, 4.69) is 0 Å². The molecule has 0 saturated carbocycles. The Bertz CT molecular complexity index is 166. The van der Waals surface area contributed by atoms with Crippen LogP contribution in [0.25, 0.3) is 0 Å². The monoisotopic (exact) mass is 241 g/mol. The van der Waals surface area contributed by atoms with Crippen LogP contribution in [0.5, 0.6) is 0 Å². The van der Waals surface area contributed by atoms with E-state index in [0.29, 0.717) is 6.21 Å². The van der Waals surface area contributed by atoms with Crippen LogP contribution < -0.4 is 0 Å². The molecule has 0 aliphatic carbocycles. The summed E-state index contributed by atoms with van der Waals surface area (Å²) in [5, 5.41) is 65.7. The molecule has 0 aliphatic rings. The molecule has 0 aromatic rings. The molecule has 16 heavy (non-hydrogen) atoms. The highest BCUT2D eigenvalue weighted by molar-refractivity contribution is 5.59. The average molecular weight is 241 g/mol. The fraction of sp³-hybridized carbons (Fsp3) is 0.875. The van der Waals surface area contributed by atoms with Gasteiger partial charge in [0.25, 0.3) is 0 Å². The third-order valence-electron chi connectivity index (χ3n) is 1.55. The first-order chi connectivity index (χ1) is 7.45. The van der Waals surface area contributed by atoms with Crippen LogP contribution in [-0.2, 0) is 0 Å². The van der Waals surface area contributed by atoms with Crippen molar-refractivity contribution in [3.8, 4) is 0 Å². The third-order valence-corrected chi connectivity index (χ3v) is 1.55. The zero-order valence-corrected chi connectivity index (χ0v) is 8.64. The molecule has 0 rings (SSSR count). The topological polar surface area (TPSA) is 165 Å². The van der Waals surface area contributed by atoms with Gasteiger partial charge < -0.3 is 41.2 Å². The van der Waals surface area contributed by atoms with Gasteiger partial charge in [0.2, 0.25) is 0 Å². The highest BCUT2D eigenvalue weighted by Gasteiger charge is 2.28. The van der Waals surface area contributed by atoms with Crippen LogP contribution in [-0.4, -0.2) is 86.2 Å². The number of rotatable bonds is 6. The molecule has 8 nitrogen and oxygen atoms in total. The number of hydrogen-bond acceptors (Lipinski definition) is 8. The molecular formula is C8H19NO7. The number of nitrogens with one attached hydrogen (secondary N) is 1. The van der Waals surface area contributed by atoms with E-state index in [4.69, 9.17) is 41.2 Å². The van der Waals surface area contributed by atoms with E-state index in [1.54, 1.807) is 0 Å². The molecule has 0 spiro atoms. The molecular weight excluding hydrogens is 222 g/mol. The van der Waals surface area contributed by atoms with E-state index in [0.717, 1.165) is 0 Å². The summed E-state index contributed by atoms with van der Waals surface area (Å²) in [5.41, 5.74) is 0. The summed E-state index contributed by atoms with van der Waals surface area (Å²) in [6, 6.07) is 0. The van der Waals surface area contributed by atoms with Gasteiger partial charge in [0, 0.05) is 6.21 Å². The Kier molecular flexibility index (Phi) is 12.1. The van der Waals surface area contributed by atoms with Crippen LogP contribution >= 0.6 is 0 Å². The molecule has 0 aliphatic heterocycles. The smallest absolute Gasteiger partial charge is 0.117 e. The number of hydrogen-bond donors (Lipinski definition) is 8. The Hall–Kier alpha value is -0.610. The Morgan fingerprint density at radius 1 is 0.875 bits per heavy atom. The fourth-order valence-electron chi connectivity index (χ4n) is 0.636. The van der Waals surface area contributed by atoms with Crippen molar-refractivity contribution in [1.29, 1.82) is 5.41 Å². The normalized spacial score (nSPS) is 17.7.